The fourth-order valence-corrected chi connectivity index (χ4v) is 1.52. The number of methoxy groups -OCH3 is 1. The van der Waals surface area contributed by atoms with E-state index in [4.69, 9.17) is 14.2 Å². The first-order chi connectivity index (χ1) is 8.81. The number of anilines is 1. The van der Waals surface area contributed by atoms with Gasteiger partial charge < -0.3 is 19.5 Å². The Morgan fingerprint density at radius 3 is 2.89 bits per heavy atom. The van der Waals surface area contributed by atoms with Crippen LogP contribution < -0.4 is 10.1 Å². The first-order valence-electron chi connectivity index (χ1n) is 6.17. The molecule has 6 heteroatoms. The van der Waals surface area contributed by atoms with Crippen molar-refractivity contribution in [2.75, 3.05) is 32.2 Å². The van der Waals surface area contributed by atoms with Crippen LogP contribution in [-0.2, 0) is 16.1 Å². The van der Waals surface area contributed by atoms with Gasteiger partial charge in [-0.05, 0) is 6.42 Å². The second-order valence-electron chi connectivity index (χ2n) is 4.14. The monoisotopic (exact) mass is 253 g/mol. The van der Waals surface area contributed by atoms with Crippen molar-refractivity contribution < 1.29 is 14.2 Å². The molecule has 1 aromatic rings. The second kappa shape index (κ2) is 6.51. The van der Waals surface area contributed by atoms with Gasteiger partial charge in [0.15, 0.2) is 5.82 Å². The highest BCUT2D eigenvalue weighted by Crippen LogP contribution is 2.17. The number of hydrogen-bond donors (Lipinski definition) is 1. The van der Waals surface area contributed by atoms with Crippen molar-refractivity contribution in [2.45, 2.75) is 26.1 Å². The Bertz CT molecular complexity index is 383. The maximum Gasteiger partial charge on any atom is 0.219 e. The van der Waals surface area contributed by atoms with Crippen molar-refractivity contribution in [3.05, 3.63) is 11.9 Å². The number of hydrogen-bond acceptors (Lipinski definition) is 6. The highest BCUT2D eigenvalue weighted by molar-refractivity contribution is 5.38. The van der Waals surface area contributed by atoms with Gasteiger partial charge in [-0.2, -0.15) is 4.98 Å². The SMILES string of the molecule is CCCNc1cc(OC2COC2)nc(COC)n1. The van der Waals surface area contributed by atoms with E-state index in [1.165, 1.54) is 0 Å². The molecule has 1 N–H and O–H groups in total. The molecule has 1 aliphatic heterocycles. The van der Waals surface area contributed by atoms with E-state index < -0.39 is 0 Å². The molecule has 0 bridgehead atoms. The predicted octanol–water partition coefficient (Wildman–Crippen LogP) is 1.22. The molecule has 0 spiro atoms. The minimum absolute atomic E-state index is 0.106. The summed E-state index contributed by atoms with van der Waals surface area (Å²) in [5, 5.41) is 3.22. The van der Waals surface area contributed by atoms with Crippen molar-refractivity contribution in [3.63, 3.8) is 0 Å². The molecule has 0 amide bonds. The van der Waals surface area contributed by atoms with E-state index in [-0.39, 0.29) is 6.10 Å². The van der Waals surface area contributed by atoms with Gasteiger partial charge in [-0.15, -0.1) is 0 Å². The van der Waals surface area contributed by atoms with Crippen molar-refractivity contribution in [2.24, 2.45) is 0 Å². The van der Waals surface area contributed by atoms with E-state index >= 15 is 0 Å². The molecule has 100 valence electrons. The molecule has 2 rings (SSSR count). The van der Waals surface area contributed by atoms with Gasteiger partial charge in [-0.3, -0.25) is 0 Å². The van der Waals surface area contributed by atoms with Crippen molar-refractivity contribution >= 4 is 5.82 Å². The van der Waals surface area contributed by atoms with Crippen LogP contribution >= 0.6 is 0 Å². The van der Waals surface area contributed by atoms with Crippen molar-refractivity contribution in [1.82, 2.24) is 9.97 Å². The lowest BCUT2D eigenvalue weighted by Crippen LogP contribution is -2.38. The van der Waals surface area contributed by atoms with Crippen LogP contribution in [0.5, 0.6) is 5.88 Å². The van der Waals surface area contributed by atoms with Gasteiger partial charge >= 0.3 is 0 Å². The Morgan fingerprint density at radius 2 is 2.28 bits per heavy atom. The van der Waals surface area contributed by atoms with Crippen LogP contribution in [0.4, 0.5) is 5.82 Å². The van der Waals surface area contributed by atoms with Crippen LogP contribution in [0.2, 0.25) is 0 Å². The smallest absolute Gasteiger partial charge is 0.219 e. The summed E-state index contributed by atoms with van der Waals surface area (Å²) in [4.78, 5) is 8.65. The van der Waals surface area contributed by atoms with E-state index in [2.05, 4.69) is 22.2 Å². The summed E-state index contributed by atoms with van der Waals surface area (Å²) in [5.74, 6) is 1.96. The zero-order chi connectivity index (χ0) is 12.8. The number of nitrogens with zero attached hydrogens (tertiary/aromatic N) is 2. The van der Waals surface area contributed by atoms with E-state index in [1.54, 1.807) is 7.11 Å². The van der Waals surface area contributed by atoms with Gasteiger partial charge in [0.05, 0.1) is 13.2 Å². The summed E-state index contributed by atoms with van der Waals surface area (Å²) in [6, 6.07) is 1.81. The molecule has 0 unspecified atom stereocenters. The molecular formula is C12H19N3O3. The minimum Gasteiger partial charge on any atom is -0.469 e. The Balaban J connectivity index is 2.07. The molecule has 2 heterocycles. The first-order valence-corrected chi connectivity index (χ1v) is 6.17. The molecule has 1 fully saturated rings. The Labute approximate surface area is 107 Å². The quantitative estimate of drug-likeness (QED) is 0.788. The molecular weight excluding hydrogens is 234 g/mol. The fourth-order valence-electron chi connectivity index (χ4n) is 1.52. The molecule has 0 aromatic carbocycles. The number of aromatic nitrogens is 2. The van der Waals surface area contributed by atoms with E-state index in [9.17, 15) is 0 Å². The summed E-state index contributed by atoms with van der Waals surface area (Å²) < 4.78 is 15.8. The summed E-state index contributed by atoms with van der Waals surface area (Å²) in [7, 11) is 1.62. The average Bonchev–Trinajstić information content (AvgIpc) is 2.32. The summed E-state index contributed by atoms with van der Waals surface area (Å²) in [6.45, 7) is 4.60. The molecule has 1 aromatic heterocycles. The lowest BCUT2D eigenvalue weighted by atomic mass is 10.3. The van der Waals surface area contributed by atoms with Crippen LogP contribution in [0.15, 0.2) is 6.07 Å². The van der Waals surface area contributed by atoms with Crippen molar-refractivity contribution in [1.29, 1.82) is 0 Å². The number of nitrogens with one attached hydrogen (secondary N) is 1. The standard InChI is InChI=1S/C12H19N3O3/c1-3-4-13-10-5-12(18-9-6-17-7-9)15-11(14-10)8-16-2/h5,9H,3-4,6-8H2,1-2H3,(H,13,14,15). The molecule has 1 saturated heterocycles. The third-order valence-electron chi connectivity index (χ3n) is 2.47. The summed E-state index contributed by atoms with van der Waals surface area (Å²) >= 11 is 0. The molecule has 0 radical (unpaired) electrons. The largest absolute Gasteiger partial charge is 0.469 e. The lowest BCUT2D eigenvalue weighted by Gasteiger charge is -2.26. The zero-order valence-electron chi connectivity index (χ0n) is 10.8. The molecule has 0 aliphatic carbocycles. The Hall–Kier alpha value is -1.40. The Kier molecular flexibility index (Phi) is 4.72. The van der Waals surface area contributed by atoms with Crippen LogP contribution in [0.1, 0.15) is 19.2 Å². The van der Waals surface area contributed by atoms with Gasteiger partial charge in [-0.25, -0.2) is 4.98 Å². The summed E-state index contributed by atoms with van der Waals surface area (Å²) in [5.41, 5.74) is 0. The number of rotatable bonds is 7. The van der Waals surface area contributed by atoms with E-state index in [0.717, 1.165) is 18.8 Å². The van der Waals surface area contributed by atoms with Gasteiger partial charge in [0.2, 0.25) is 5.88 Å². The van der Waals surface area contributed by atoms with Crippen molar-refractivity contribution in [3.8, 4) is 5.88 Å². The second-order valence-corrected chi connectivity index (χ2v) is 4.14. The molecule has 6 nitrogen and oxygen atoms in total. The van der Waals surface area contributed by atoms with Crippen LogP contribution in [0.3, 0.4) is 0 Å². The highest BCUT2D eigenvalue weighted by atomic mass is 16.6. The maximum atomic E-state index is 5.69. The third kappa shape index (κ3) is 3.54. The highest BCUT2D eigenvalue weighted by Gasteiger charge is 2.21. The molecule has 18 heavy (non-hydrogen) atoms. The molecule has 1 aliphatic rings. The van der Waals surface area contributed by atoms with Gasteiger partial charge in [0, 0.05) is 19.7 Å². The van der Waals surface area contributed by atoms with Gasteiger partial charge in [0.25, 0.3) is 0 Å². The molecule has 0 saturated carbocycles. The van der Waals surface area contributed by atoms with Crippen LogP contribution in [0.25, 0.3) is 0 Å². The van der Waals surface area contributed by atoms with E-state index in [0.29, 0.717) is 31.5 Å². The lowest BCUT2D eigenvalue weighted by molar-refractivity contribution is -0.0814. The minimum atomic E-state index is 0.106. The van der Waals surface area contributed by atoms with E-state index in [1.807, 2.05) is 6.07 Å². The number of ether oxygens (including phenoxy) is 3. The van der Waals surface area contributed by atoms with Crippen LogP contribution in [-0.4, -0.2) is 42.9 Å². The van der Waals surface area contributed by atoms with Gasteiger partial charge in [-0.1, -0.05) is 6.92 Å². The maximum absolute atomic E-state index is 5.69. The normalized spacial score (nSPS) is 15.2. The zero-order valence-corrected chi connectivity index (χ0v) is 10.8. The third-order valence-corrected chi connectivity index (χ3v) is 2.47. The predicted molar refractivity (Wildman–Crippen MR) is 66.8 cm³/mol. The Morgan fingerprint density at radius 1 is 1.44 bits per heavy atom. The first kappa shape index (κ1) is 13.0. The summed E-state index contributed by atoms with van der Waals surface area (Å²) in [6.07, 6.45) is 1.14. The van der Waals surface area contributed by atoms with Gasteiger partial charge in [0.1, 0.15) is 18.5 Å². The topological polar surface area (TPSA) is 65.5 Å². The molecule has 0 atom stereocenters. The van der Waals surface area contributed by atoms with Crippen LogP contribution in [0, 0.1) is 0 Å². The average molecular weight is 253 g/mol. The fraction of sp³-hybridized carbons (Fsp3) is 0.667.